The maximum absolute atomic E-state index is 13.5. The van der Waals surface area contributed by atoms with E-state index in [1.807, 2.05) is 0 Å². The monoisotopic (exact) mass is 220 g/mol. The molecule has 0 atom stereocenters. The van der Waals surface area contributed by atoms with E-state index >= 15 is 0 Å². The molecule has 16 heavy (non-hydrogen) atoms. The highest BCUT2D eigenvalue weighted by Crippen LogP contribution is 2.22. The summed E-state index contributed by atoms with van der Waals surface area (Å²) in [5, 5.41) is 10.9. The van der Waals surface area contributed by atoms with E-state index in [9.17, 15) is 14.5 Å². The summed E-state index contributed by atoms with van der Waals surface area (Å²) in [7, 11) is 1.67. The van der Waals surface area contributed by atoms with Crippen molar-refractivity contribution in [2.75, 3.05) is 0 Å². The minimum atomic E-state index is -0.548. The molecular formula is C11H9FN2O2. The lowest BCUT2D eigenvalue weighted by Crippen LogP contribution is -1.93. The molecule has 0 bridgehead atoms. The first-order chi connectivity index (χ1) is 7.59. The number of nitro groups is 1. The minimum Gasteiger partial charge on any atom is -0.342 e. The zero-order valence-electron chi connectivity index (χ0n) is 8.55. The molecule has 0 unspecified atom stereocenters. The first kappa shape index (κ1) is 10.4. The van der Waals surface area contributed by atoms with Crippen LogP contribution in [0.2, 0.25) is 0 Å². The molecule has 1 aromatic carbocycles. The van der Waals surface area contributed by atoms with Crippen molar-refractivity contribution in [1.29, 1.82) is 0 Å². The van der Waals surface area contributed by atoms with E-state index in [1.54, 1.807) is 29.8 Å². The van der Waals surface area contributed by atoms with Gasteiger partial charge < -0.3 is 4.57 Å². The van der Waals surface area contributed by atoms with E-state index < -0.39 is 4.92 Å². The van der Waals surface area contributed by atoms with Crippen molar-refractivity contribution in [2.24, 2.45) is 7.05 Å². The molecule has 1 heterocycles. The van der Waals surface area contributed by atoms with Gasteiger partial charge in [-0.05, 0) is 12.1 Å². The SMILES string of the molecule is Cn1c(/C=C/[N+](=O)[O-])cc2cccc(F)c21. The molecule has 0 aliphatic rings. The summed E-state index contributed by atoms with van der Waals surface area (Å²) in [4.78, 5) is 9.65. The van der Waals surface area contributed by atoms with E-state index in [4.69, 9.17) is 0 Å². The molecule has 0 N–H and O–H groups in total. The Morgan fingerprint density at radius 2 is 2.25 bits per heavy atom. The lowest BCUT2D eigenvalue weighted by Gasteiger charge is -1.99. The summed E-state index contributed by atoms with van der Waals surface area (Å²) in [6, 6.07) is 6.45. The zero-order valence-corrected chi connectivity index (χ0v) is 8.55. The van der Waals surface area contributed by atoms with Gasteiger partial charge in [-0.2, -0.15) is 0 Å². The molecule has 0 aliphatic carbocycles. The van der Waals surface area contributed by atoms with Crippen molar-refractivity contribution in [2.45, 2.75) is 0 Å². The van der Waals surface area contributed by atoms with Crippen LogP contribution in [0.25, 0.3) is 17.0 Å². The Morgan fingerprint density at radius 3 is 2.88 bits per heavy atom. The summed E-state index contributed by atoms with van der Waals surface area (Å²) in [5.41, 5.74) is 1.04. The van der Waals surface area contributed by atoms with Gasteiger partial charge in [0.2, 0.25) is 6.20 Å². The van der Waals surface area contributed by atoms with Gasteiger partial charge in [0.05, 0.1) is 10.4 Å². The molecule has 0 fully saturated rings. The second kappa shape index (κ2) is 3.77. The molecule has 1 aromatic heterocycles. The third-order valence-electron chi connectivity index (χ3n) is 2.41. The van der Waals surface area contributed by atoms with Crippen LogP contribution in [-0.2, 0) is 7.05 Å². The molecule has 0 spiro atoms. The maximum Gasteiger partial charge on any atom is 0.236 e. The fraction of sp³-hybridized carbons (Fsp3) is 0.0909. The van der Waals surface area contributed by atoms with Crippen LogP contribution in [0.15, 0.2) is 30.5 Å². The second-order valence-electron chi connectivity index (χ2n) is 3.41. The summed E-state index contributed by atoms with van der Waals surface area (Å²) < 4.78 is 15.1. The van der Waals surface area contributed by atoms with E-state index in [1.165, 1.54) is 12.1 Å². The first-order valence-electron chi connectivity index (χ1n) is 4.65. The van der Waals surface area contributed by atoms with Crippen LogP contribution in [0.3, 0.4) is 0 Å². The molecule has 0 aliphatic heterocycles. The predicted octanol–water partition coefficient (Wildman–Crippen LogP) is 2.56. The van der Waals surface area contributed by atoms with Gasteiger partial charge in [-0.25, -0.2) is 4.39 Å². The van der Waals surface area contributed by atoms with E-state index in [-0.39, 0.29) is 5.82 Å². The smallest absolute Gasteiger partial charge is 0.236 e. The van der Waals surface area contributed by atoms with Gasteiger partial charge in [0.1, 0.15) is 5.82 Å². The summed E-state index contributed by atoms with van der Waals surface area (Å²) in [6.07, 6.45) is 2.19. The standard InChI is InChI=1S/C11H9FN2O2/c1-13-9(5-6-14(15)16)7-8-3-2-4-10(12)11(8)13/h2-7H,1H3/b6-5+. The number of nitrogens with zero attached hydrogens (tertiary/aromatic N) is 2. The van der Waals surface area contributed by atoms with Crippen molar-refractivity contribution in [3.63, 3.8) is 0 Å². The summed E-state index contributed by atoms with van der Waals surface area (Å²) >= 11 is 0. The molecule has 0 saturated heterocycles. The predicted molar refractivity (Wildman–Crippen MR) is 58.9 cm³/mol. The Labute approximate surface area is 90.8 Å². The molecule has 82 valence electrons. The van der Waals surface area contributed by atoms with E-state index in [2.05, 4.69) is 0 Å². The number of fused-ring (bicyclic) bond motifs is 1. The van der Waals surface area contributed by atoms with Gasteiger partial charge in [0.25, 0.3) is 0 Å². The highest BCUT2D eigenvalue weighted by atomic mass is 19.1. The molecule has 2 aromatic rings. The number of para-hydroxylation sites is 1. The van der Waals surface area contributed by atoms with Crippen LogP contribution in [-0.4, -0.2) is 9.49 Å². The number of aromatic nitrogens is 1. The van der Waals surface area contributed by atoms with Crippen LogP contribution in [0.1, 0.15) is 5.69 Å². The zero-order chi connectivity index (χ0) is 11.7. The third kappa shape index (κ3) is 1.67. The molecule has 0 radical (unpaired) electrons. The van der Waals surface area contributed by atoms with Crippen LogP contribution in [0.5, 0.6) is 0 Å². The topological polar surface area (TPSA) is 48.1 Å². The Hall–Kier alpha value is -2.17. The van der Waals surface area contributed by atoms with Crippen molar-refractivity contribution in [3.8, 4) is 0 Å². The van der Waals surface area contributed by atoms with Gasteiger partial charge in [-0.1, -0.05) is 12.1 Å². The Morgan fingerprint density at radius 1 is 1.50 bits per heavy atom. The Kier molecular flexibility index (Phi) is 2.44. The average Bonchev–Trinajstić information content (AvgIpc) is 2.54. The van der Waals surface area contributed by atoms with E-state index in [0.29, 0.717) is 11.2 Å². The first-order valence-corrected chi connectivity index (χ1v) is 4.65. The van der Waals surface area contributed by atoms with Crippen LogP contribution in [0, 0.1) is 15.9 Å². The van der Waals surface area contributed by atoms with Gasteiger partial charge in [-0.3, -0.25) is 10.1 Å². The lowest BCUT2D eigenvalue weighted by atomic mass is 10.2. The van der Waals surface area contributed by atoms with Gasteiger partial charge in [0.15, 0.2) is 0 Å². The Bertz CT molecular complexity index is 587. The second-order valence-corrected chi connectivity index (χ2v) is 3.41. The number of hydrogen-bond acceptors (Lipinski definition) is 2. The van der Waals surface area contributed by atoms with Crippen molar-refractivity contribution >= 4 is 17.0 Å². The fourth-order valence-corrected chi connectivity index (χ4v) is 1.68. The van der Waals surface area contributed by atoms with Crippen molar-refractivity contribution in [1.82, 2.24) is 4.57 Å². The molecule has 0 saturated carbocycles. The normalized spacial score (nSPS) is 11.4. The van der Waals surface area contributed by atoms with Crippen molar-refractivity contribution in [3.05, 3.63) is 52.1 Å². The van der Waals surface area contributed by atoms with Crippen LogP contribution < -0.4 is 0 Å². The molecule has 5 heteroatoms. The number of rotatable bonds is 2. The number of benzene rings is 1. The average molecular weight is 220 g/mol. The van der Waals surface area contributed by atoms with Crippen LogP contribution >= 0.6 is 0 Å². The summed E-state index contributed by atoms with van der Waals surface area (Å²) in [6.45, 7) is 0. The van der Waals surface area contributed by atoms with Gasteiger partial charge in [-0.15, -0.1) is 0 Å². The number of halogens is 1. The molecule has 4 nitrogen and oxygen atoms in total. The van der Waals surface area contributed by atoms with Crippen LogP contribution in [0.4, 0.5) is 4.39 Å². The molecule has 0 amide bonds. The summed E-state index contributed by atoms with van der Waals surface area (Å²) in [5.74, 6) is -0.333. The number of aryl methyl sites for hydroxylation is 1. The highest BCUT2D eigenvalue weighted by molar-refractivity contribution is 5.84. The Balaban J connectivity index is 2.61. The van der Waals surface area contributed by atoms with Gasteiger partial charge >= 0.3 is 0 Å². The van der Waals surface area contributed by atoms with E-state index in [0.717, 1.165) is 11.6 Å². The largest absolute Gasteiger partial charge is 0.342 e. The quantitative estimate of drug-likeness (QED) is 0.576. The molecule has 2 rings (SSSR count). The minimum absolute atomic E-state index is 0.333. The maximum atomic E-state index is 13.5. The lowest BCUT2D eigenvalue weighted by molar-refractivity contribution is -0.401. The fourth-order valence-electron chi connectivity index (χ4n) is 1.68. The third-order valence-corrected chi connectivity index (χ3v) is 2.41. The number of hydrogen-bond donors (Lipinski definition) is 0. The van der Waals surface area contributed by atoms with Crippen molar-refractivity contribution < 1.29 is 9.31 Å². The highest BCUT2D eigenvalue weighted by Gasteiger charge is 2.07. The molecular weight excluding hydrogens is 211 g/mol. The van der Waals surface area contributed by atoms with Gasteiger partial charge in [0, 0.05) is 24.2 Å².